The van der Waals surface area contributed by atoms with E-state index in [0.717, 1.165) is 21.4 Å². The summed E-state index contributed by atoms with van der Waals surface area (Å²) in [7, 11) is 0. The van der Waals surface area contributed by atoms with E-state index in [-0.39, 0.29) is 5.75 Å². The van der Waals surface area contributed by atoms with Gasteiger partial charge in [0.2, 0.25) is 0 Å². The molecule has 2 N–H and O–H groups in total. The molecule has 0 unspecified atom stereocenters. The highest BCUT2D eigenvalue weighted by atomic mass is 35.5. The molecule has 0 aliphatic heterocycles. The molecule has 3 aromatic rings. The van der Waals surface area contributed by atoms with Crippen LogP contribution in [-0.2, 0) is 0 Å². The molecule has 0 spiro atoms. The number of anilines is 1. The molecule has 0 fully saturated rings. The maximum Gasteiger partial charge on any atom is 0.123 e. The minimum Gasteiger partial charge on any atom is -0.507 e. The molecule has 0 aliphatic carbocycles. The fourth-order valence-corrected chi connectivity index (χ4v) is 3.52. The van der Waals surface area contributed by atoms with Crippen molar-refractivity contribution in [1.82, 2.24) is 0 Å². The van der Waals surface area contributed by atoms with E-state index in [1.807, 2.05) is 42.5 Å². The Labute approximate surface area is 136 Å². The lowest BCUT2D eigenvalue weighted by Gasteiger charge is -2.10. The molecule has 3 rings (SSSR count). The molecule has 21 heavy (non-hydrogen) atoms. The van der Waals surface area contributed by atoms with Crippen LogP contribution in [0.2, 0.25) is 10.0 Å². The van der Waals surface area contributed by atoms with Gasteiger partial charge in [0.25, 0.3) is 0 Å². The van der Waals surface area contributed by atoms with Gasteiger partial charge in [-0.2, -0.15) is 0 Å². The Morgan fingerprint density at radius 2 is 1.52 bits per heavy atom. The van der Waals surface area contributed by atoms with Gasteiger partial charge in [0, 0.05) is 25.7 Å². The summed E-state index contributed by atoms with van der Waals surface area (Å²) < 4.78 is 3.27. The predicted molar refractivity (Wildman–Crippen MR) is 91.6 cm³/mol. The molecular weight excluding hydrogens is 325 g/mol. The maximum absolute atomic E-state index is 9.88. The Bertz CT molecular complexity index is 787. The van der Waals surface area contributed by atoms with E-state index in [4.69, 9.17) is 23.2 Å². The molecule has 0 heterocycles. The third-order valence-electron chi connectivity index (χ3n) is 3.01. The number of benzene rings is 3. The number of fused-ring (bicyclic) bond motifs is 1. The molecule has 5 heteroatoms. The molecule has 0 aliphatic rings. The summed E-state index contributed by atoms with van der Waals surface area (Å²) in [5, 5.41) is 12.9. The van der Waals surface area contributed by atoms with Crippen molar-refractivity contribution in [1.29, 1.82) is 0 Å². The Morgan fingerprint density at radius 1 is 0.857 bits per heavy atom. The first-order valence-corrected chi connectivity index (χ1v) is 7.80. The molecule has 106 valence electrons. The van der Waals surface area contributed by atoms with Gasteiger partial charge in [0.1, 0.15) is 5.75 Å². The highest BCUT2D eigenvalue weighted by molar-refractivity contribution is 8.00. The van der Waals surface area contributed by atoms with Crippen molar-refractivity contribution in [2.24, 2.45) is 0 Å². The van der Waals surface area contributed by atoms with Crippen LogP contribution in [0.5, 0.6) is 5.75 Å². The van der Waals surface area contributed by atoms with Gasteiger partial charge >= 0.3 is 0 Å². The van der Waals surface area contributed by atoms with E-state index in [9.17, 15) is 5.11 Å². The van der Waals surface area contributed by atoms with Gasteiger partial charge in [0.15, 0.2) is 0 Å². The molecule has 2 nitrogen and oxygen atoms in total. The van der Waals surface area contributed by atoms with Crippen molar-refractivity contribution >= 4 is 51.6 Å². The zero-order chi connectivity index (χ0) is 14.8. The second-order valence-electron chi connectivity index (χ2n) is 4.49. The summed E-state index contributed by atoms with van der Waals surface area (Å²) in [5.41, 5.74) is 0.921. The highest BCUT2D eigenvalue weighted by Crippen LogP contribution is 2.33. The van der Waals surface area contributed by atoms with Crippen LogP contribution in [-0.4, -0.2) is 5.11 Å². The molecule has 0 amide bonds. The van der Waals surface area contributed by atoms with E-state index in [0.29, 0.717) is 10.0 Å². The molecule has 0 atom stereocenters. The van der Waals surface area contributed by atoms with Crippen LogP contribution in [0, 0.1) is 0 Å². The molecule has 0 aromatic heterocycles. The van der Waals surface area contributed by atoms with Crippen LogP contribution in [0.4, 0.5) is 5.69 Å². The van der Waals surface area contributed by atoms with Crippen LogP contribution in [0.1, 0.15) is 0 Å². The molecule has 3 aromatic carbocycles. The van der Waals surface area contributed by atoms with Gasteiger partial charge in [0.05, 0.1) is 5.69 Å². The van der Waals surface area contributed by atoms with Crippen molar-refractivity contribution in [2.75, 3.05) is 4.72 Å². The van der Waals surface area contributed by atoms with Gasteiger partial charge in [-0.1, -0.05) is 47.5 Å². The molecule has 0 bridgehead atoms. The predicted octanol–water partition coefficient (Wildman–Crippen LogP) is 5.97. The summed E-state index contributed by atoms with van der Waals surface area (Å²) in [6.45, 7) is 0. The van der Waals surface area contributed by atoms with Crippen LogP contribution in [0.3, 0.4) is 0 Å². The van der Waals surface area contributed by atoms with Crippen molar-refractivity contribution < 1.29 is 5.11 Å². The second-order valence-corrected chi connectivity index (χ2v) is 6.24. The number of rotatable bonds is 3. The Hall–Kier alpha value is -1.55. The Morgan fingerprint density at radius 3 is 2.29 bits per heavy atom. The van der Waals surface area contributed by atoms with E-state index in [2.05, 4.69) is 4.72 Å². The molecular formula is C16H11Cl2NOS. The van der Waals surface area contributed by atoms with E-state index in [1.165, 1.54) is 11.9 Å². The number of hydrogen-bond donors (Lipinski definition) is 2. The summed E-state index contributed by atoms with van der Waals surface area (Å²) in [5.74, 6) is 0.270. The third-order valence-corrected chi connectivity index (χ3v) is 4.24. The van der Waals surface area contributed by atoms with Gasteiger partial charge in [-0.3, -0.25) is 0 Å². The van der Waals surface area contributed by atoms with Crippen molar-refractivity contribution in [3.8, 4) is 5.75 Å². The number of aromatic hydroxyl groups is 1. The second kappa shape index (κ2) is 6.06. The summed E-state index contributed by atoms with van der Waals surface area (Å²) in [6, 6.07) is 16.6. The Kier molecular flexibility index (Phi) is 4.15. The largest absolute Gasteiger partial charge is 0.507 e. The first-order valence-electron chi connectivity index (χ1n) is 6.23. The van der Waals surface area contributed by atoms with Crippen LogP contribution >= 0.6 is 35.1 Å². The summed E-state index contributed by atoms with van der Waals surface area (Å²) in [4.78, 5) is 0.921. The molecule has 0 saturated carbocycles. The monoisotopic (exact) mass is 335 g/mol. The topological polar surface area (TPSA) is 32.3 Å². The lowest BCUT2D eigenvalue weighted by atomic mass is 10.1. The van der Waals surface area contributed by atoms with Gasteiger partial charge in [-0.15, -0.1) is 0 Å². The van der Waals surface area contributed by atoms with Crippen molar-refractivity contribution in [2.45, 2.75) is 4.90 Å². The lowest BCUT2D eigenvalue weighted by Crippen LogP contribution is -1.88. The van der Waals surface area contributed by atoms with E-state index in [1.54, 1.807) is 12.1 Å². The smallest absolute Gasteiger partial charge is 0.123 e. The SMILES string of the molecule is Oc1cccc2c(NSc3cc(Cl)cc(Cl)c3)cccc12. The normalized spacial score (nSPS) is 10.8. The average molecular weight is 336 g/mol. The minimum atomic E-state index is 0.270. The van der Waals surface area contributed by atoms with Crippen LogP contribution < -0.4 is 4.72 Å². The third kappa shape index (κ3) is 3.21. The number of phenols is 1. The number of phenolic OH excluding ortho intramolecular Hbond substituents is 1. The fraction of sp³-hybridized carbons (Fsp3) is 0. The van der Waals surface area contributed by atoms with Gasteiger partial charge in [-0.25, -0.2) is 0 Å². The average Bonchev–Trinajstić information content (AvgIpc) is 2.45. The quantitative estimate of drug-likeness (QED) is 0.578. The zero-order valence-corrected chi connectivity index (χ0v) is 13.1. The zero-order valence-electron chi connectivity index (χ0n) is 10.8. The molecule has 0 radical (unpaired) electrons. The van der Waals surface area contributed by atoms with E-state index < -0.39 is 0 Å². The highest BCUT2D eigenvalue weighted by Gasteiger charge is 2.05. The number of halogens is 2. The van der Waals surface area contributed by atoms with Crippen molar-refractivity contribution in [3.05, 3.63) is 64.6 Å². The number of nitrogens with one attached hydrogen (secondary N) is 1. The van der Waals surface area contributed by atoms with Gasteiger partial charge in [-0.05, 0) is 42.3 Å². The summed E-state index contributed by atoms with van der Waals surface area (Å²) in [6.07, 6.45) is 0. The van der Waals surface area contributed by atoms with Crippen molar-refractivity contribution in [3.63, 3.8) is 0 Å². The molecule has 0 saturated heterocycles. The standard InChI is InChI=1S/C16H11Cl2NOS/c17-10-7-11(18)9-12(8-10)21-19-15-5-1-4-14-13(15)3-2-6-16(14)20/h1-9,19-20H. The maximum atomic E-state index is 9.88. The minimum absolute atomic E-state index is 0.270. The Balaban J connectivity index is 1.90. The summed E-state index contributed by atoms with van der Waals surface area (Å²) >= 11 is 13.4. The lowest BCUT2D eigenvalue weighted by molar-refractivity contribution is 0.481. The van der Waals surface area contributed by atoms with E-state index >= 15 is 0 Å². The van der Waals surface area contributed by atoms with Crippen LogP contribution in [0.25, 0.3) is 10.8 Å². The first kappa shape index (κ1) is 14.4. The number of hydrogen-bond acceptors (Lipinski definition) is 3. The van der Waals surface area contributed by atoms with Gasteiger partial charge < -0.3 is 9.83 Å². The fourth-order valence-electron chi connectivity index (χ4n) is 2.08. The van der Waals surface area contributed by atoms with Crippen LogP contribution in [0.15, 0.2) is 59.5 Å². The first-order chi connectivity index (χ1) is 10.1.